The third kappa shape index (κ3) is 1.80. The van der Waals surface area contributed by atoms with Crippen LogP contribution in [0.2, 0.25) is 0 Å². The van der Waals surface area contributed by atoms with Gasteiger partial charge in [0.15, 0.2) is 5.69 Å². The predicted octanol–water partition coefficient (Wildman–Crippen LogP) is -0.584. The fraction of sp³-hybridized carbons (Fsp3) is 0.333. The van der Waals surface area contributed by atoms with Crippen molar-refractivity contribution >= 4 is 5.97 Å². The Hall–Kier alpha value is -1.94. The number of nitrogens with zero attached hydrogens (tertiary/aromatic N) is 3. The number of aromatic nitrogens is 3. The highest BCUT2D eigenvalue weighted by Gasteiger charge is 2.20. The number of aromatic carboxylic acids is 1. The summed E-state index contributed by atoms with van der Waals surface area (Å²) < 4.78 is 0. The van der Waals surface area contributed by atoms with E-state index in [1.54, 1.807) is 0 Å². The molecule has 1 atom stereocenters. The van der Waals surface area contributed by atoms with Gasteiger partial charge in [0, 0.05) is 0 Å². The summed E-state index contributed by atoms with van der Waals surface area (Å²) in [5.41, 5.74) is 5.35. The first-order valence-corrected chi connectivity index (χ1v) is 3.43. The molecule has 1 aromatic rings. The van der Waals surface area contributed by atoms with E-state index in [9.17, 15) is 4.79 Å². The fourth-order valence-corrected chi connectivity index (χ4v) is 0.850. The Balaban J connectivity index is 2.94. The molecule has 0 bridgehead atoms. The Kier molecular flexibility index (Phi) is 2.56. The standard InChI is InChI=1S/C6H7N5O2/c7-2-1-3(8)4-5(6(12)13)10-11-9-4/h3H,1,8H2,(H,12,13)(H,9,10,11)/t3-/m0/s1. The lowest BCUT2D eigenvalue weighted by Crippen LogP contribution is -2.14. The molecule has 1 aromatic heterocycles. The molecule has 0 radical (unpaired) electrons. The molecular formula is C6H7N5O2. The van der Waals surface area contributed by atoms with Crippen LogP contribution in [-0.4, -0.2) is 26.5 Å². The largest absolute Gasteiger partial charge is 0.476 e. The summed E-state index contributed by atoms with van der Waals surface area (Å²) in [4.78, 5) is 10.5. The zero-order valence-corrected chi connectivity index (χ0v) is 6.56. The lowest BCUT2D eigenvalue weighted by Gasteiger charge is -2.01. The van der Waals surface area contributed by atoms with Crippen LogP contribution in [-0.2, 0) is 0 Å². The highest BCUT2D eigenvalue weighted by Crippen LogP contribution is 2.13. The van der Waals surface area contributed by atoms with Crippen molar-refractivity contribution in [3.8, 4) is 6.07 Å². The minimum Gasteiger partial charge on any atom is -0.476 e. The van der Waals surface area contributed by atoms with Crippen LogP contribution in [0.5, 0.6) is 0 Å². The van der Waals surface area contributed by atoms with Gasteiger partial charge in [0.05, 0.1) is 18.5 Å². The van der Waals surface area contributed by atoms with Gasteiger partial charge >= 0.3 is 5.97 Å². The first kappa shape index (κ1) is 9.15. The molecule has 0 saturated heterocycles. The molecule has 4 N–H and O–H groups in total. The molecule has 0 aromatic carbocycles. The van der Waals surface area contributed by atoms with Crippen molar-refractivity contribution in [2.24, 2.45) is 5.73 Å². The van der Waals surface area contributed by atoms with Crippen molar-refractivity contribution in [1.82, 2.24) is 15.4 Å². The second-order valence-corrected chi connectivity index (χ2v) is 2.33. The molecule has 0 aliphatic rings. The molecule has 0 unspecified atom stereocenters. The first-order valence-electron chi connectivity index (χ1n) is 3.43. The maximum atomic E-state index is 10.5. The summed E-state index contributed by atoms with van der Waals surface area (Å²) in [5.74, 6) is -1.21. The van der Waals surface area contributed by atoms with E-state index in [1.165, 1.54) is 0 Å². The van der Waals surface area contributed by atoms with E-state index in [1.807, 2.05) is 6.07 Å². The Morgan fingerprint density at radius 3 is 3.00 bits per heavy atom. The molecule has 1 rings (SSSR count). The van der Waals surface area contributed by atoms with Crippen molar-refractivity contribution in [3.05, 3.63) is 11.4 Å². The van der Waals surface area contributed by atoms with Gasteiger partial charge in [-0.2, -0.15) is 15.6 Å². The van der Waals surface area contributed by atoms with Gasteiger partial charge in [0.25, 0.3) is 0 Å². The Morgan fingerprint density at radius 2 is 2.46 bits per heavy atom. The second kappa shape index (κ2) is 3.64. The normalized spacial score (nSPS) is 12.0. The molecule has 0 aliphatic carbocycles. The van der Waals surface area contributed by atoms with Crippen molar-refractivity contribution in [1.29, 1.82) is 5.26 Å². The molecule has 0 amide bonds. The van der Waals surface area contributed by atoms with E-state index < -0.39 is 12.0 Å². The third-order valence-corrected chi connectivity index (χ3v) is 1.44. The Labute approximate surface area is 73.2 Å². The topological polar surface area (TPSA) is 129 Å². The van der Waals surface area contributed by atoms with Crippen LogP contribution in [0.25, 0.3) is 0 Å². The van der Waals surface area contributed by atoms with Crippen molar-refractivity contribution in [2.45, 2.75) is 12.5 Å². The lowest BCUT2D eigenvalue weighted by atomic mass is 10.1. The minimum absolute atomic E-state index is 0.00676. The summed E-state index contributed by atoms with van der Waals surface area (Å²) in [6.07, 6.45) is 0.00676. The summed E-state index contributed by atoms with van der Waals surface area (Å²) in [5, 5.41) is 26.0. The van der Waals surface area contributed by atoms with Gasteiger partial charge in [-0.25, -0.2) is 4.79 Å². The van der Waals surface area contributed by atoms with E-state index >= 15 is 0 Å². The average Bonchev–Trinajstić information content (AvgIpc) is 2.52. The Bertz CT molecular complexity index is 352. The SMILES string of the molecule is N#CC[C@H](N)c1n[nH]nc1C(=O)O. The Morgan fingerprint density at radius 1 is 1.77 bits per heavy atom. The molecule has 0 fully saturated rings. The number of rotatable bonds is 3. The van der Waals surface area contributed by atoms with Crippen LogP contribution < -0.4 is 5.73 Å². The van der Waals surface area contributed by atoms with E-state index in [0.29, 0.717) is 0 Å². The molecule has 0 saturated carbocycles. The van der Waals surface area contributed by atoms with Crippen molar-refractivity contribution in [2.75, 3.05) is 0 Å². The summed E-state index contributed by atoms with van der Waals surface area (Å²) in [7, 11) is 0. The lowest BCUT2D eigenvalue weighted by molar-refractivity contribution is 0.0688. The maximum absolute atomic E-state index is 10.5. The second-order valence-electron chi connectivity index (χ2n) is 2.33. The summed E-state index contributed by atoms with van der Waals surface area (Å²) in [6.45, 7) is 0. The molecule has 7 heteroatoms. The van der Waals surface area contributed by atoms with Gasteiger partial charge in [-0.05, 0) is 0 Å². The number of carboxylic acid groups (broad SMARTS) is 1. The van der Waals surface area contributed by atoms with Crippen LogP contribution in [0.4, 0.5) is 0 Å². The molecular weight excluding hydrogens is 174 g/mol. The van der Waals surface area contributed by atoms with Gasteiger partial charge < -0.3 is 10.8 Å². The molecule has 0 aliphatic heterocycles. The van der Waals surface area contributed by atoms with Crippen LogP contribution in [0.3, 0.4) is 0 Å². The summed E-state index contributed by atoms with van der Waals surface area (Å²) in [6, 6.07) is 1.11. The molecule has 13 heavy (non-hydrogen) atoms. The van der Waals surface area contributed by atoms with Crippen molar-refractivity contribution in [3.63, 3.8) is 0 Å². The van der Waals surface area contributed by atoms with Crippen LogP contribution in [0, 0.1) is 11.3 Å². The smallest absolute Gasteiger partial charge is 0.358 e. The predicted molar refractivity (Wildman–Crippen MR) is 40.5 cm³/mol. The van der Waals surface area contributed by atoms with E-state index in [4.69, 9.17) is 16.1 Å². The number of aromatic amines is 1. The number of nitrogens with one attached hydrogen (secondary N) is 1. The van der Waals surface area contributed by atoms with E-state index in [-0.39, 0.29) is 17.8 Å². The third-order valence-electron chi connectivity index (χ3n) is 1.44. The van der Waals surface area contributed by atoms with Gasteiger partial charge in [0.2, 0.25) is 0 Å². The van der Waals surface area contributed by atoms with Crippen molar-refractivity contribution < 1.29 is 9.90 Å². The van der Waals surface area contributed by atoms with Crippen LogP contribution >= 0.6 is 0 Å². The van der Waals surface area contributed by atoms with Gasteiger partial charge in [0.1, 0.15) is 5.69 Å². The summed E-state index contributed by atoms with van der Waals surface area (Å²) >= 11 is 0. The maximum Gasteiger partial charge on any atom is 0.358 e. The minimum atomic E-state index is -1.21. The highest BCUT2D eigenvalue weighted by atomic mass is 16.4. The highest BCUT2D eigenvalue weighted by molar-refractivity contribution is 5.86. The fourth-order valence-electron chi connectivity index (χ4n) is 0.850. The average molecular weight is 181 g/mol. The number of hydrogen-bond donors (Lipinski definition) is 3. The van der Waals surface area contributed by atoms with E-state index in [0.717, 1.165) is 0 Å². The number of carboxylic acids is 1. The van der Waals surface area contributed by atoms with Gasteiger partial charge in [-0.15, -0.1) is 5.10 Å². The number of carbonyl (C=O) groups is 1. The number of nitriles is 1. The number of nitrogens with two attached hydrogens (primary N) is 1. The van der Waals surface area contributed by atoms with Crippen LogP contribution in [0.1, 0.15) is 28.6 Å². The quantitative estimate of drug-likeness (QED) is 0.571. The van der Waals surface area contributed by atoms with Gasteiger partial charge in [-0.1, -0.05) is 0 Å². The number of H-pyrrole nitrogens is 1. The van der Waals surface area contributed by atoms with Gasteiger partial charge in [-0.3, -0.25) is 0 Å². The first-order chi connectivity index (χ1) is 6.16. The molecule has 0 spiro atoms. The van der Waals surface area contributed by atoms with E-state index in [2.05, 4.69) is 15.4 Å². The van der Waals surface area contributed by atoms with Crippen LogP contribution in [0.15, 0.2) is 0 Å². The number of hydrogen-bond acceptors (Lipinski definition) is 5. The zero-order chi connectivity index (χ0) is 9.84. The molecule has 1 heterocycles. The molecule has 68 valence electrons. The molecule has 7 nitrogen and oxygen atoms in total. The zero-order valence-electron chi connectivity index (χ0n) is 6.56. The monoisotopic (exact) mass is 181 g/mol.